The van der Waals surface area contributed by atoms with Gasteiger partial charge in [0.1, 0.15) is 13.2 Å². The van der Waals surface area contributed by atoms with E-state index in [4.69, 9.17) is 14.2 Å². The fraction of sp³-hybridized carbons (Fsp3) is 0.940. The lowest BCUT2D eigenvalue weighted by Gasteiger charge is -2.18. The average Bonchev–Trinajstić information content (AvgIpc) is 3.18. The van der Waals surface area contributed by atoms with Crippen LogP contribution in [0, 0.1) is 11.8 Å². The summed E-state index contributed by atoms with van der Waals surface area (Å²) in [4.78, 5) is 37.7. The zero-order valence-electron chi connectivity index (χ0n) is 38.3. The number of hydrogen-bond acceptors (Lipinski definition) is 6. The molecule has 0 amide bonds. The van der Waals surface area contributed by atoms with Gasteiger partial charge in [0.2, 0.25) is 0 Å². The first kappa shape index (κ1) is 54.4. The summed E-state index contributed by atoms with van der Waals surface area (Å²) in [7, 11) is 0. The Morgan fingerprint density at radius 2 is 0.679 bits per heavy atom. The second kappa shape index (κ2) is 43.0. The summed E-state index contributed by atoms with van der Waals surface area (Å²) in [6, 6.07) is 0. The SMILES string of the molecule is CCCCCCCCCC(=O)OC[C@H](COC(=O)CCCCCCCCCCCCC(C)CC)OC(=O)CCCCCCCCCCCCCCCCC(C)C. The molecule has 0 heterocycles. The van der Waals surface area contributed by atoms with Crippen LogP contribution in [0.5, 0.6) is 0 Å². The zero-order valence-corrected chi connectivity index (χ0v) is 38.3. The van der Waals surface area contributed by atoms with Crippen LogP contribution in [0.25, 0.3) is 0 Å². The van der Waals surface area contributed by atoms with E-state index in [1.54, 1.807) is 0 Å². The van der Waals surface area contributed by atoms with E-state index in [2.05, 4.69) is 34.6 Å². The number of esters is 3. The Hall–Kier alpha value is -1.59. The largest absolute Gasteiger partial charge is 0.462 e. The first-order chi connectivity index (χ1) is 27.3. The van der Waals surface area contributed by atoms with E-state index in [1.807, 2.05) is 0 Å². The second-order valence-corrected chi connectivity index (χ2v) is 17.8. The van der Waals surface area contributed by atoms with E-state index >= 15 is 0 Å². The minimum Gasteiger partial charge on any atom is -0.462 e. The van der Waals surface area contributed by atoms with E-state index in [0.717, 1.165) is 69.6 Å². The predicted octanol–water partition coefficient (Wildman–Crippen LogP) is 15.8. The fourth-order valence-corrected chi connectivity index (χ4v) is 7.43. The van der Waals surface area contributed by atoms with Gasteiger partial charge >= 0.3 is 17.9 Å². The van der Waals surface area contributed by atoms with Gasteiger partial charge in [-0.3, -0.25) is 14.4 Å². The smallest absolute Gasteiger partial charge is 0.306 e. The first-order valence-electron chi connectivity index (χ1n) is 24.8. The predicted molar refractivity (Wildman–Crippen MR) is 238 cm³/mol. The summed E-state index contributed by atoms with van der Waals surface area (Å²) < 4.78 is 16.7. The van der Waals surface area contributed by atoms with Crippen molar-refractivity contribution in [2.24, 2.45) is 11.8 Å². The maximum absolute atomic E-state index is 12.7. The van der Waals surface area contributed by atoms with Gasteiger partial charge in [0.05, 0.1) is 0 Å². The number of carbonyl (C=O) groups is 3. The Kier molecular flexibility index (Phi) is 41.8. The van der Waals surface area contributed by atoms with Crippen LogP contribution in [0.2, 0.25) is 0 Å². The highest BCUT2D eigenvalue weighted by atomic mass is 16.6. The summed E-state index contributed by atoms with van der Waals surface area (Å²) in [5.74, 6) is 0.856. The Morgan fingerprint density at radius 3 is 1.02 bits per heavy atom. The summed E-state index contributed by atoms with van der Waals surface area (Å²) in [6.07, 6.45) is 42.3. The summed E-state index contributed by atoms with van der Waals surface area (Å²) >= 11 is 0. The number of ether oxygens (including phenoxy) is 3. The van der Waals surface area contributed by atoms with Gasteiger partial charge in [-0.15, -0.1) is 0 Å². The normalized spacial score (nSPS) is 12.5. The van der Waals surface area contributed by atoms with Crippen molar-refractivity contribution in [2.45, 2.75) is 278 Å². The van der Waals surface area contributed by atoms with E-state index in [9.17, 15) is 14.4 Å². The number of unbranched alkanes of at least 4 members (excludes halogenated alkanes) is 28. The Bertz CT molecular complexity index is 856. The third-order valence-corrected chi connectivity index (χ3v) is 11.6. The topological polar surface area (TPSA) is 78.9 Å². The van der Waals surface area contributed by atoms with Gasteiger partial charge in [-0.2, -0.15) is 0 Å². The van der Waals surface area contributed by atoms with Gasteiger partial charge in [0, 0.05) is 19.3 Å². The molecule has 0 bridgehead atoms. The van der Waals surface area contributed by atoms with Crippen molar-refractivity contribution in [1.82, 2.24) is 0 Å². The van der Waals surface area contributed by atoms with Crippen molar-refractivity contribution >= 4 is 17.9 Å². The highest BCUT2D eigenvalue weighted by Gasteiger charge is 2.19. The second-order valence-electron chi connectivity index (χ2n) is 17.8. The van der Waals surface area contributed by atoms with Crippen molar-refractivity contribution in [1.29, 1.82) is 0 Å². The molecule has 56 heavy (non-hydrogen) atoms. The highest BCUT2D eigenvalue weighted by molar-refractivity contribution is 5.71. The molecule has 0 saturated carbocycles. The molecule has 0 aliphatic heterocycles. The van der Waals surface area contributed by atoms with E-state index in [1.165, 1.54) is 161 Å². The van der Waals surface area contributed by atoms with Gasteiger partial charge in [-0.1, -0.05) is 234 Å². The average molecular weight is 793 g/mol. The lowest BCUT2D eigenvalue weighted by atomic mass is 9.99. The van der Waals surface area contributed by atoms with E-state index in [0.29, 0.717) is 19.3 Å². The quantitative estimate of drug-likeness (QED) is 0.0347. The molecule has 0 rings (SSSR count). The van der Waals surface area contributed by atoms with Crippen molar-refractivity contribution in [3.05, 3.63) is 0 Å². The van der Waals surface area contributed by atoms with Crippen molar-refractivity contribution in [3.63, 3.8) is 0 Å². The summed E-state index contributed by atoms with van der Waals surface area (Å²) in [5, 5.41) is 0. The van der Waals surface area contributed by atoms with Crippen molar-refractivity contribution in [3.8, 4) is 0 Å². The van der Waals surface area contributed by atoms with Crippen LogP contribution < -0.4 is 0 Å². The molecule has 332 valence electrons. The number of carbonyl (C=O) groups excluding carboxylic acids is 3. The van der Waals surface area contributed by atoms with Gasteiger partial charge in [-0.25, -0.2) is 0 Å². The number of hydrogen-bond donors (Lipinski definition) is 0. The van der Waals surface area contributed by atoms with Gasteiger partial charge in [0.25, 0.3) is 0 Å². The molecule has 0 aromatic heterocycles. The molecule has 0 saturated heterocycles. The molecule has 0 aromatic rings. The van der Waals surface area contributed by atoms with Crippen LogP contribution in [0.1, 0.15) is 272 Å². The number of rotatable bonds is 44. The summed E-state index contributed by atoms with van der Waals surface area (Å²) in [5.41, 5.74) is 0. The molecular weight excluding hydrogens is 697 g/mol. The van der Waals surface area contributed by atoms with Crippen LogP contribution in [0.3, 0.4) is 0 Å². The molecule has 2 atom stereocenters. The van der Waals surface area contributed by atoms with Crippen molar-refractivity contribution < 1.29 is 28.6 Å². The molecule has 0 N–H and O–H groups in total. The molecule has 0 aromatic carbocycles. The zero-order chi connectivity index (χ0) is 41.2. The summed E-state index contributed by atoms with van der Waals surface area (Å²) in [6.45, 7) is 11.4. The van der Waals surface area contributed by atoms with Crippen molar-refractivity contribution in [2.75, 3.05) is 13.2 Å². The van der Waals surface area contributed by atoms with E-state index < -0.39 is 6.10 Å². The maximum atomic E-state index is 12.7. The maximum Gasteiger partial charge on any atom is 0.306 e. The highest BCUT2D eigenvalue weighted by Crippen LogP contribution is 2.17. The van der Waals surface area contributed by atoms with Crippen LogP contribution in [0.4, 0.5) is 0 Å². The third-order valence-electron chi connectivity index (χ3n) is 11.6. The molecule has 6 heteroatoms. The Labute approximate surface area is 348 Å². The molecule has 0 fully saturated rings. The molecule has 0 aliphatic carbocycles. The van der Waals surface area contributed by atoms with Gasteiger partial charge in [0.15, 0.2) is 6.10 Å². The Balaban J connectivity index is 4.23. The van der Waals surface area contributed by atoms with Crippen LogP contribution >= 0.6 is 0 Å². The van der Waals surface area contributed by atoms with Crippen LogP contribution in [0.15, 0.2) is 0 Å². The molecule has 0 aliphatic rings. The molecule has 0 spiro atoms. The fourth-order valence-electron chi connectivity index (χ4n) is 7.43. The molecular formula is C50H96O6. The molecule has 6 nitrogen and oxygen atoms in total. The van der Waals surface area contributed by atoms with E-state index in [-0.39, 0.29) is 31.1 Å². The minimum absolute atomic E-state index is 0.0645. The standard InChI is InChI=1S/C50H96O6/c1-6-8-9-10-23-30-35-40-48(51)54-43-47(44-55-49(52)41-36-31-26-21-18-17-20-25-29-34-39-46(5)7-2)56-50(53)42-37-32-27-22-16-14-12-11-13-15-19-24-28-33-38-45(3)4/h45-47H,6-44H2,1-5H3/t46?,47-/m1/s1. The Morgan fingerprint density at radius 1 is 0.375 bits per heavy atom. The lowest BCUT2D eigenvalue weighted by Crippen LogP contribution is -2.30. The molecule has 1 unspecified atom stereocenters. The first-order valence-corrected chi connectivity index (χ1v) is 24.8. The molecule has 0 radical (unpaired) electrons. The lowest BCUT2D eigenvalue weighted by molar-refractivity contribution is -0.167. The third kappa shape index (κ3) is 42.0. The minimum atomic E-state index is -0.760. The van der Waals surface area contributed by atoms with Crippen LogP contribution in [-0.2, 0) is 28.6 Å². The van der Waals surface area contributed by atoms with Gasteiger partial charge < -0.3 is 14.2 Å². The van der Waals surface area contributed by atoms with Crippen LogP contribution in [-0.4, -0.2) is 37.2 Å². The monoisotopic (exact) mass is 793 g/mol. The van der Waals surface area contributed by atoms with Gasteiger partial charge in [-0.05, 0) is 31.1 Å².